The Labute approximate surface area is 191 Å². The first-order valence-electron chi connectivity index (χ1n) is 10.7. The summed E-state index contributed by atoms with van der Waals surface area (Å²) in [7, 11) is 1.53. The Morgan fingerprint density at radius 3 is 2.58 bits per heavy atom. The number of methoxy groups -OCH3 is 1. The Kier molecular flexibility index (Phi) is 6.25. The summed E-state index contributed by atoms with van der Waals surface area (Å²) in [4.78, 5) is 25.0. The van der Waals surface area contributed by atoms with Gasteiger partial charge in [-0.3, -0.25) is 4.79 Å². The van der Waals surface area contributed by atoms with Crippen LogP contribution in [0.5, 0.6) is 5.75 Å². The second-order valence-corrected chi connectivity index (χ2v) is 8.60. The zero-order valence-electron chi connectivity index (χ0n) is 19.0. The van der Waals surface area contributed by atoms with E-state index in [1.807, 2.05) is 13.8 Å². The number of amides is 1. The van der Waals surface area contributed by atoms with E-state index in [-0.39, 0.29) is 12.1 Å². The molecular formula is C25H27NO7. The molecule has 0 saturated carbocycles. The summed E-state index contributed by atoms with van der Waals surface area (Å²) in [5.41, 5.74) is 0.0253. The molecule has 1 aliphatic heterocycles. The maximum Gasteiger partial charge on any atom is 0.360 e. The minimum absolute atomic E-state index is 0.0514. The molecular weight excluding hydrogens is 426 g/mol. The first-order valence-corrected chi connectivity index (χ1v) is 10.7. The largest absolute Gasteiger partial charge is 0.464 e. The smallest absolute Gasteiger partial charge is 0.360 e. The van der Waals surface area contributed by atoms with Crippen molar-refractivity contribution in [2.45, 2.75) is 51.3 Å². The third-order valence-electron chi connectivity index (χ3n) is 5.80. The molecule has 3 aromatic rings. The number of rotatable bonds is 5. The Balaban J connectivity index is 1.58. The van der Waals surface area contributed by atoms with E-state index < -0.39 is 35.6 Å². The SMILES string of the molecule is COC1C(O)CC(Oc2ccc3cc(NC(=O)c4ccccc4)c(=O)oc3c2C)OC1(C)C. The van der Waals surface area contributed by atoms with Gasteiger partial charge in [-0.25, -0.2) is 4.79 Å². The van der Waals surface area contributed by atoms with E-state index >= 15 is 0 Å². The molecule has 1 fully saturated rings. The quantitative estimate of drug-likeness (QED) is 0.568. The Morgan fingerprint density at radius 1 is 1.18 bits per heavy atom. The number of carbonyl (C=O) groups excluding carboxylic acids is 1. The van der Waals surface area contributed by atoms with Gasteiger partial charge in [0.15, 0.2) is 0 Å². The van der Waals surface area contributed by atoms with Crippen LogP contribution in [-0.4, -0.2) is 42.2 Å². The molecule has 1 saturated heterocycles. The molecule has 0 aliphatic carbocycles. The molecule has 1 amide bonds. The molecule has 3 atom stereocenters. The van der Waals surface area contributed by atoms with Crippen molar-refractivity contribution in [3.63, 3.8) is 0 Å². The molecule has 1 aromatic heterocycles. The lowest BCUT2D eigenvalue weighted by molar-refractivity contribution is -0.264. The third-order valence-corrected chi connectivity index (χ3v) is 5.80. The number of fused-ring (bicyclic) bond motifs is 1. The van der Waals surface area contributed by atoms with Crippen molar-refractivity contribution in [2.24, 2.45) is 0 Å². The molecule has 0 radical (unpaired) electrons. The van der Waals surface area contributed by atoms with Gasteiger partial charge >= 0.3 is 5.63 Å². The molecule has 2 aromatic carbocycles. The number of hydrogen-bond donors (Lipinski definition) is 2. The van der Waals surface area contributed by atoms with Crippen molar-refractivity contribution in [3.8, 4) is 5.75 Å². The minimum atomic E-state index is -0.752. The van der Waals surface area contributed by atoms with Crippen LogP contribution in [0.4, 0.5) is 5.69 Å². The molecule has 4 rings (SSSR count). The number of aryl methyl sites for hydroxylation is 1. The van der Waals surface area contributed by atoms with Crippen molar-refractivity contribution in [1.82, 2.24) is 0 Å². The number of ether oxygens (including phenoxy) is 3. The molecule has 2 N–H and O–H groups in total. The first kappa shape index (κ1) is 23.0. The molecule has 174 valence electrons. The number of anilines is 1. The fourth-order valence-corrected chi connectivity index (χ4v) is 4.20. The van der Waals surface area contributed by atoms with E-state index in [0.717, 1.165) is 0 Å². The molecule has 0 bridgehead atoms. The van der Waals surface area contributed by atoms with Crippen LogP contribution < -0.4 is 15.7 Å². The highest BCUT2D eigenvalue weighted by Crippen LogP contribution is 2.34. The van der Waals surface area contributed by atoms with Crippen LogP contribution in [0.25, 0.3) is 11.0 Å². The number of nitrogens with one attached hydrogen (secondary N) is 1. The van der Waals surface area contributed by atoms with Crippen molar-refractivity contribution in [1.29, 1.82) is 0 Å². The lowest BCUT2D eigenvalue weighted by Crippen LogP contribution is -2.56. The number of aliphatic hydroxyl groups is 1. The average Bonchev–Trinajstić information content (AvgIpc) is 2.76. The number of aliphatic hydroxyl groups excluding tert-OH is 1. The van der Waals surface area contributed by atoms with Crippen molar-refractivity contribution >= 4 is 22.6 Å². The van der Waals surface area contributed by atoms with Crippen LogP contribution in [0.15, 0.2) is 57.7 Å². The average molecular weight is 453 g/mol. The Bertz CT molecular complexity index is 1220. The minimum Gasteiger partial charge on any atom is -0.464 e. The fraction of sp³-hybridized carbons (Fsp3) is 0.360. The molecule has 8 nitrogen and oxygen atoms in total. The Hall–Kier alpha value is -3.20. The highest BCUT2D eigenvalue weighted by molar-refractivity contribution is 6.04. The molecule has 8 heteroatoms. The summed E-state index contributed by atoms with van der Waals surface area (Å²) >= 11 is 0. The van der Waals surface area contributed by atoms with Crippen LogP contribution in [0.1, 0.15) is 36.2 Å². The predicted molar refractivity (Wildman–Crippen MR) is 123 cm³/mol. The van der Waals surface area contributed by atoms with Gasteiger partial charge < -0.3 is 29.1 Å². The molecule has 1 aliphatic rings. The maximum atomic E-state index is 12.6. The summed E-state index contributed by atoms with van der Waals surface area (Å²) in [5, 5.41) is 13.7. The second kappa shape index (κ2) is 8.97. The highest BCUT2D eigenvalue weighted by Gasteiger charge is 2.44. The monoisotopic (exact) mass is 453 g/mol. The lowest BCUT2D eigenvalue weighted by Gasteiger charge is -2.44. The summed E-state index contributed by atoms with van der Waals surface area (Å²) < 4.78 is 22.9. The van der Waals surface area contributed by atoms with Crippen LogP contribution in [0, 0.1) is 6.92 Å². The topological polar surface area (TPSA) is 107 Å². The maximum absolute atomic E-state index is 12.6. The van der Waals surface area contributed by atoms with Gasteiger partial charge in [-0.15, -0.1) is 0 Å². The highest BCUT2D eigenvalue weighted by atomic mass is 16.7. The zero-order valence-corrected chi connectivity index (χ0v) is 19.0. The second-order valence-electron chi connectivity index (χ2n) is 8.60. The van der Waals surface area contributed by atoms with Gasteiger partial charge in [-0.05, 0) is 51.1 Å². The van der Waals surface area contributed by atoms with E-state index in [9.17, 15) is 14.7 Å². The summed E-state index contributed by atoms with van der Waals surface area (Å²) in [6, 6.07) is 13.7. The first-order chi connectivity index (χ1) is 15.7. The molecule has 0 spiro atoms. The molecule has 2 heterocycles. The van der Waals surface area contributed by atoms with Gasteiger partial charge in [-0.1, -0.05) is 18.2 Å². The molecule has 33 heavy (non-hydrogen) atoms. The van der Waals surface area contributed by atoms with Crippen LogP contribution in [0.3, 0.4) is 0 Å². The van der Waals surface area contributed by atoms with E-state index in [4.69, 9.17) is 18.6 Å². The standard InChI is InChI=1S/C25H27NO7/c1-14-19(31-20-13-18(27)22(30-4)25(2,3)33-20)11-10-16-12-17(24(29)32-21(14)16)26-23(28)15-8-6-5-7-9-15/h5-12,18,20,22,27H,13H2,1-4H3,(H,26,28). The van der Waals surface area contributed by atoms with Crippen molar-refractivity contribution in [3.05, 3.63) is 70.1 Å². The van der Waals surface area contributed by atoms with Crippen molar-refractivity contribution in [2.75, 3.05) is 12.4 Å². The Morgan fingerprint density at radius 2 is 1.91 bits per heavy atom. The van der Waals surface area contributed by atoms with Gasteiger partial charge in [0.2, 0.25) is 6.29 Å². The van der Waals surface area contributed by atoms with Crippen LogP contribution in [0.2, 0.25) is 0 Å². The van der Waals surface area contributed by atoms with Crippen LogP contribution in [-0.2, 0) is 9.47 Å². The number of benzene rings is 2. The third kappa shape index (κ3) is 4.64. The zero-order chi connectivity index (χ0) is 23.8. The number of hydrogen-bond acceptors (Lipinski definition) is 7. The normalized spacial score (nSPS) is 22.2. The van der Waals surface area contributed by atoms with Crippen molar-refractivity contribution < 1.29 is 28.5 Å². The summed E-state index contributed by atoms with van der Waals surface area (Å²) in [6.45, 7) is 5.43. The van der Waals surface area contributed by atoms with Crippen LogP contribution >= 0.6 is 0 Å². The summed E-state index contributed by atoms with van der Waals surface area (Å²) in [6.07, 6.45) is -1.70. The fourth-order valence-electron chi connectivity index (χ4n) is 4.20. The summed E-state index contributed by atoms with van der Waals surface area (Å²) in [5.74, 6) is 0.0690. The van der Waals surface area contributed by atoms with Gasteiger partial charge in [-0.2, -0.15) is 0 Å². The van der Waals surface area contributed by atoms with Gasteiger partial charge in [0, 0.05) is 30.0 Å². The molecule has 3 unspecified atom stereocenters. The van der Waals surface area contributed by atoms with Gasteiger partial charge in [0.25, 0.3) is 5.91 Å². The van der Waals surface area contributed by atoms with E-state index in [1.165, 1.54) is 7.11 Å². The number of carbonyl (C=O) groups is 1. The lowest BCUT2D eigenvalue weighted by atomic mass is 9.91. The van der Waals surface area contributed by atoms with E-state index in [0.29, 0.717) is 27.8 Å². The van der Waals surface area contributed by atoms with Gasteiger partial charge in [0.1, 0.15) is 23.1 Å². The van der Waals surface area contributed by atoms with Gasteiger partial charge in [0.05, 0.1) is 11.7 Å². The van der Waals surface area contributed by atoms with E-state index in [2.05, 4.69) is 5.32 Å². The van der Waals surface area contributed by atoms with E-state index in [1.54, 1.807) is 55.5 Å². The predicted octanol–water partition coefficient (Wildman–Crippen LogP) is 3.63.